The number of carbonyl (C=O) groups excluding carboxylic acids is 2. The van der Waals surface area contributed by atoms with Crippen LogP contribution < -0.4 is 14.4 Å². The maximum absolute atomic E-state index is 13.1. The summed E-state index contributed by atoms with van der Waals surface area (Å²) >= 11 is 3.35. The molecule has 6 rings (SSSR count). The minimum absolute atomic E-state index is 0.0371. The number of hydrogen-bond acceptors (Lipinski definition) is 10. The zero-order valence-corrected chi connectivity index (χ0v) is 17.8. The summed E-state index contributed by atoms with van der Waals surface area (Å²) in [7, 11) is 0. The smallest absolute Gasteiger partial charge is 0.263 e. The van der Waals surface area contributed by atoms with E-state index in [1.54, 1.807) is 42.5 Å². The van der Waals surface area contributed by atoms with Crippen LogP contribution in [0.4, 0.5) is 5.69 Å². The van der Waals surface area contributed by atoms with E-state index in [1.807, 2.05) is 0 Å². The fraction of sp³-hybridized carbons (Fsp3) is 0.200. The lowest BCUT2D eigenvalue weighted by Crippen LogP contribution is -2.39. The number of nitrogens with zero attached hydrogens (tertiary/aromatic N) is 6. The number of amides is 2. The van der Waals surface area contributed by atoms with Gasteiger partial charge in [0.15, 0.2) is 23.6 Å². The Bertz CT molecular complexity index is 1280. The van der Waals surface area contributed by atoms with Crippen molar-refractivity contribution in [2.75, 3.05) is 11.7 Å². The van der Waals surface area contributed by atoms with Gasteiger partial charge in [-0.15, -0.1) is 0 Å². The Morgan fingerprint density at radius 3 is 2.69 bits per heavy atom. The van der Waals surface area contributed by atoms with E-state index in [0.717, 1.165) is 9.37 Å². The second kappa shape index (κ2) is 7.12. The van der Waals surface area contributed by atoms with Crippen LogP contribution in [0.1, 0.15) is 5.89 Å². The van der Waals surface area contributed by atoms with Crippen molar-refractivity contribution in [2.45, 2.75) is 18.6 Å². The summed E-state index contributed by atoms with van der Waals surface area (Å²) in [4.78, 5) is 31.4. The normalized spacial score (nSPS) is 21.0. The fourth-order valence-electron chi connectivity index (χ4n) is 3.81. The van der Waals surface area contributed by atoms with Crippen LogP contribution in [-0.2, 0) is 16.1 Å². The van der Waals surface area contributed by atoms with Crippen LogP contribution in [0, 0.1) is 0 Å². The maximum Gasteiger partial charge on any atom is 0.263 e. The largest absolute Gasteiger partial charge is 0.454 e. The van der Waals surface area contributed by atoms with Gasteiger partial charge in [0, 0.05) is 10.0 Å². The van der Waals surface area contributed by atoms with Gasteiger partial charge in [0.05, 0.1) is 5.69 Å². The van der Waals surface area contributed by atoms with Crippen molar-refractivity contribution in [2.24, 2.45) is 10.3 Å². The number of fused-ring (bicyclic) bond motifs is 2. The molecular weight excluding hydrogens is 484 g/mol. The molecule has 1 aromatic heterocycles. The van der Waals surface area contributed by atoms with Gasteiger partial charge in [-0.25, -0.2) is 4.90 Å². The van der Waals surface area contributed by atoms with Crippen molar-refractivity contribution in [3.05, 3.63) is 52.8 Å². The van der Waals surface area contributed by atoms with Gasteiger partial charge in [-0.3, -0.25) is 14.6 Å². The maximum atomic E-state index is 13.1. The molecule has 1 fully saturated rings. The van der Waals surface area contributed by atoms with Crippen LogP contribution in [0.3, 0.4) is 0 Å². The number of imide groups is 1. The molecule has 0 spiro atoms. The molecule has 32 heavy (non-hydrogen) atoms. The highest BCUT2D eigenvalue weighted by Crippen LogP contribution is 2.36. The molecule has 2 atom stereocenters. The highest BCUT2D eigenvalue weighted by Gasteiger charge is 2.55. The Kier molecular flexibility index (Phi) is 4.21. The fourth-order valence-corrected chi connectivity index (χ4v) is 4.07. The predicted octanol–water partition coefficient (Wildman–Crippen LogP) is 2.72. The number of aromatic nitrogens is 2. The zero-order valence-electron chi connectivity index (χ0n) is 16.2. The third kappa shape index (κ3) is 2.94. The first-order valence-electron chi connectivity index (χ1n) is 9.62. The molecule has 3 aliphatic heterocycles. The molecule has 0 unspecified atom stereocenters. The van der Waals surface area contributed by atoms with Crippen LogP contribution >= 0.6 is 15.9 Å². The minimum atomic E-state index is -0.901. The van der Waals surface area contributed by atoms with Crippen molar-refractivity contribution in [1.82, 2.24) is 15.1 Å². The lowest BCUT2D eigenvalue weighted by atomic mass is 10.1. The van der Waals surface area contributed by atoms with Crippen molar-refractivity contribution in [3.8, 4) is 22.9 Å². The molecule has 4 heterocycles. The van der Waals surface area contributed by atoms with Crippen molar-refractivity contribution < 1.29 is 23.6 Å². The minimum Gasteiger partial charge on any atom is -0.454 e. The predicted molar refractivity (Wildman–Crippen MR) is 110 cm³/mol. The van der Waals surface area contributed by atoms with Gasteiger partial charge >= 0.3 is 0 Å². The Morgan fingerprint density at radius 2 is 1.84 bits per heavy atom. The second-order valence-corrected chi connectivity index (χ2v) is 8.18. The topological polar surface area (TPSA) is 123 Å². The molecule has 11 nitrogen and oxygen atoms in total. The summed E-state index contributed by atoms with van der Waals surface area (Å²) in [5.74, 6) is 1.03. The number of halogens is 1. The second-order valence-electron chi connectivity index (χ2n) is 7.26. The molecule has 0 radical (unpaired) electrons. The third-order valence-electron chi connectivity index (χ3n) is 5.34. The molecule has 2 aromatic carbocycles. The molecule has 2 amide bonds. The Labute approximate surface area is 188 Å². The van der Waals surface area contributed by atoms with Gasteiger partial charge < -0.3 is 14.0 Å². The van der Waals surface area contributed by atoms with Gasteiger partial charge in [0.2, 0.25) is 18.5 Å². The van der Waals surface area contributed by atoms with Gasteiger partial charge in [0.25, 0.3) is 11.8 Å². The molecule has 0 saturated carbocycles. The van der Waals surface area contributed by atoms with Gasteiger partial charge in [-0.2, -0.15) is 10.1 Å². The number of rotatable bonds is 4. The first-order valence-corrected chi connectivity index (χ1v) is 10.4. The average molecular weight is 497 g/mol. The molecule has 0 bridgehead atoms. The zero-order chi connectivity index (χ0) is 21.8. The molecular formula is C20H13BrN6O5. The summed E-state index contributed by atoms with van der Waals surface area (Å²) in [6, 6.07) is 10.5. The Morgan fingerprint density at radius 1 is 1.03 bits per heavy atom. The van der Waals surface area contributed by atoms with E-state index in [0.29, 0.717) is 28.6 Å². The van der Waals surface area contributed by atoms with E-state index in [4.69, 9.17) is 14.0 Å². The molecule has 0 aliphatic carbocycles. The molecule has 0 N–H and O–H groups in total. The summed E-state index contributed by atoms with van der Waals surface area (Å²) in [5.41, 5.74) is 1.18. The molecule has 12 heteroatoms. The van der Waals surface area contributed by atoms with Crippen LogP contribution in [0.5, 0.6) is 11.5 Å². The van der Waals surface area contributed by atoms with Crippen molar-refractivity contribution in [3.63, 3.8) is 0 Å². The number of ether oxygens (including phenoxy) is 2. The van der Waals surface area contributed by atoms with E-state index in [-0.39, 0.29) is 19.2 Å². The van der Waals surface area contributed by atoms with Crippen molar-refractivity contribution >= 4 is 33.4 Å². The summed E-state index contributed by atoms with van der Waals surface area (Å²) in [6.45, 7) is 0.207. The highest BCUT2D eigenvalue weighted by atomic mass is 79.9. The van der Waals surface area contributed by atoms with E-state index < -0.39 is 23.9 Å². The van der Waals surface area contributed by atoms with E-state index in [1.165, 1.54) is 5.01 Å². The third-order valence-corrected chi connectivity index (χ3v) is 5.87. The summed E-state index contributed by atoms with van der Waals surface area (Å²) in [6.07, 6.45) is 0. The number of carbonyl (C=O) groups is 2. The van der Waals surface area contributed by atoms with Gasteiger partial charge in [0.1, 0.15) is 6.54 Å². The first kappa shape index (κ1) is 18.9. The van der Waals surface area contributed by atoms with Gasteiger partial charge in [-0.05, 0) is 42.5 Å². The summed E-state index contributed by atoms with van der Waals surface area (Å²) in [5, 5.41) is 13.4. The SMILES string of the molecule is O=C1[C@H]2N=NN(Cc3nc(-c4ccc5c(c4)OCO5)no3)[C@H]2C(=O)N1c1ccc(Br)cc1. The Hall–Kier alpha value is -3.80. The molecule has 3 aliphatic rings. The quantitative estimate of drug-likeness (QED) is 0.505. The lowest BCUT2D eigenvalue weighted by molar-refractivity contribution is -0.123. The Balaban J connectivity index is 1.22. The van der Waals surface area contributed by atoms with Crippen LogP contribution in [0.15, 0.2) is 61.8 Å². The van der Waals surface area contributed by atoms with E-state index in [9.17, 15) is 9.59 Å². The van der Waals surface area contributed by atoms with E-state index >= 15 is 0 Å². The standard InChI is InChI=1S/C20H13BrN6O5/c21-11-2-4-12(5-3-11)27-19(28)16-17(20(27)29)26(25-23-16)8-15-22-18(24-32-15)10-1-6-13-14(7-10)31-9-30-13/h1-7,16-17H,8-9H2/t16-,17+/m0/s1. The molecule has 3 aromatic rings. The van der Waals surface area contributed by atoms with E-state index in [2.05, 4.69) is 36.4 Å². The molecule has 1 saturated heterocycles. The number of hydrogen-bond donors (Lipinski definition) is 0. The monoisotopic (exact) mass is 496 g/mol. The highest BCUT2D eigenvalue weighted by molar-refractivity contribution is 9.10. The molecule has 160 valence electrons. The van der Waals surface area contributed by atoms with Crippen LogP contribution in [-0.4, -0.2) is 45.8 Å². The number of anilines is 1. The first-order chi connectivity index (χ1) is 15.6. The average Bonchev–Trinajstić information content (AvgIpc) is 3.57. The van der Waals surface area contributed by atoms with Crippen LogP contribution in [0.2, 0.25) is 0 Å². The lowest BCUT2D eigenvalue weighted by Gasteiger charge is -2.19. The van der Waals surface area contributed by atoms with Gasteiger partial charge in [-0.1, -0.05) is 26.3 Å². The number of benzene rings is 2. The van der Waals surface area contributed by atoms with Crippen molar-refractivity contribution in [1.29, 1.82) is 0 Å². The van der Waals surface area contributed by atoms with Crippen LogP contribution in [0.25, 0.3) is 11.4 Å². The summed E-state index contributed by atoms with van der Waals surface area (Å²) < 4.78 is 16.9.